The number of anilines is 2. The van der Waals surface area contributed by atoms with Gasteiger partial charge in [0, 0.05) is 10.7 Å². The minimum atomic E-state index is -0.957. The van der Waals surface area contributed by atoms with Crippen molar-refractivity contribution in [2.75, 3.05) is 31.0 Å². The lowest BCUT2D eigenvalue weighted by molar-refractivity contribution is -0.141. The molecular formula is C21H20ClN3O5S. The Bertz CT molecular complexity index is 997. The topological polar surface area (TPSA) is 88.2 Å². The average molecular weight is 462 g/mol. The van der Waals surface area contributed by atoms with Gasteiger partial charge in [-0.25, -0.2) is 0 Å². The van der Waals surface area contributed by atoms with E-state index in [4.69, 9.17) is 33.3 Å². The number of halogens is 1. The number of amides is 2. The Morgan fingerprint density at radius 1 is 1.10 bits per heavy atom. The van der Waals surface area contributed by atoms with Crippen molar-refractivity contribution in [3.05, 3.63) is 53.6 Å². The number of rotatable bonds is 7. The van der Waals surface area contributed by atoms with E-state index < -0.39 is 23.8 Å². The van der Waals surface area contributed by atoms with Crippen molar-refractivity contribution in [2.24, 2.45) is 0 Å². The summed E-state index contributed by atoms with van der Waals surface area (Å²) >= 11 is 11.3. The monoisotopic (exact) mass is 461 g/mol. The summed E-state index contributed by atoms with van der Waals surface area (Å²) in [5, 5.41) is 3.37. The molecule has 0 aliphatic carbocycles. The molecule has 0 saturated carbocycles. The molecule has 2 aromatic rings. The molecule has 1 atom stereocenters. The second-order valence-electron chi connectivity index (χ2n) is 6.63. The fraction of sp³-hybridized carbons (Fsp3) is 0.238. The zero-order chi connectivity index (χ0) is 22.5. The normalized spacial score (nSPS) is 15.8. The largest absolute Gasteiger partial charge is 0.497 e. The number of nitrogens with one attached hydrogen (secondary N) is 1. The number of hydrogen-bond donors (Lipinski definition) is 1. The van der Waals surface area contributed by atoms with Gasteiger partial charge in [0.25, 0.3) is 5.91 Å². The van der Waals surface area contributed by atoms with Crippen molar-refractivity contribution >= 4 is 58.1 Å². The van der Waals surface area contributed by atoms with Crippen molar-refractivity contribution in [1.29, 1.82) is 0 Å². The molecule has 10 heteroatoms. The van der Waals surface area contributed by atoms with Crippen molar-refractivity contribution in [3.8, 4) is 5.75 Å². The van der Waals surface area contributed by atoms with Crippen LogP contribution < -0.4 is 15.0 Å². The molecule has 162 valence electrons. The standard InChI is InChI=1S/C21H20ClN3O5S/c1-29-16-9-7-15(8-10-16)25-20(28)17(24(21(25)31)12-19(27)30-2)11-18(26)23-14-5-3-13(22)4-6-14/h3-10,17H,11-12H2,1-2H3,(H,23,26)/t17-/m0/s1. The van der Waals surface area contributed by atoms with Gasteiger partial charge in [-0.05, 0) is 60.7 Å². The van der Waals surface area contributed by atoms with E-state index in [1.807, 2.05) is 0 Å². The van der Waals surface area contributed by atoms with Crippen LogP contribution in [0.3, 0.4) is 0 Å². The third-order valence-corrected chi connectivity index (χ3v) is 5.35. The van der Waals surface area contributed by atoms with Gasteiger partial charge in [0.05, 0.1) is 26.3 Å². The maximum atomic E-state index is 13.2. The lowest BCUT2D eigenvalue weighted by Crippen LogP contribution is -2.41. The third-order valence-electron chi connectivity index (χ3n) is 4.68. The quantitative estimate of drug-likeness (QED) is 0.501. The number of methoxy groups -OCH3 is 2. The summed E-state index contributed by atoms with van der Waals surface area (Å²) < 4.78 is 9.87. The Morgan fingerprint density at radius 2 is 1.74 bits per heavy atom. The van der Waals surface area contributed by atoms with Crippen LogP contribution in [0.25, 0.3) is 0 Å². The SMILES string of the molecule is COC(=O)CN1C(=S)N(c2ccc(OC)cc2)C(=O)[C@@H]1CC(=O)Nc1ccc(Cl)cc1. The number of thiocarbonyl (C=S) groups is 1. The van der Waals surface area contributed by atoms with E-state index in [2.05, 4.69) is 5.32 Å². The van der Waals surface area contributed by atoms with Gasteiger partial charge in [-0.2, -0.15) is 0 Å². The van der Waals surface area contributed by atoms with Crippen molar-refractivity contribution in [1.82, 2.24) is 4.90 Å². The first kappa shape index (κ1) is 22.5. The Balaban J connectivity index is 1.83. The van der Waals surface area contributed by atoms with Gasteiger partial charge in [-0.1, -0.05) is 11.6 Å². The van der Waals surface area contributed by atoms with E-state index in [0.717, 1.165) is 0 Å². The van der Waals surface area contributed by atoms with Crippen LogP contribution in [0.4, 0.5) is 11.4 Å². The van der Waals surface area contributed by atoms with Crippen LogP contribution in [-0.4, -0.2) is 54.6 Å². The van der Waals surface area contributed by atoms with E-state index in [9.17, 15) is 14.4 Å². The number of hydrogen-bond acceptors (Lipinski definition) is 6. The molecule has 1 saturated heterocycles. The summed E-state index contributed by atoms with van der Waals surface area (Å²) in [6, 6.07) is 12.4. The molecule has 0 bridgehead atoms. The van der Waals surface area contributed by atoms with Crippen LogP contribution in [0.1, 0.15) is 6.42 Å². The van der Waals surface area contributed by atoms with Crippen molar-refractivity contribution in [3.63, 3.8) is 0 Å². The molecule has 8 nitrogen and oxygen atoms in total. The van der Waals surface area contributed by atoms with E-state index in [-0.39, 0.29) is 18.1 Å². The van der Waals surface area contributed by atoms with Crippen LogP contribution in [0.15, 0.2) is 48.5 Å². The Labute approximate surface area is 189 Å². The molecule has 2 aromatic carbocycles. The molecule has 0 aromatic heterocycles. The first-order chi connectivity index (χ1) is 14.8. The second kappa shape index (κ2) is 9.76. The van der Waals surface area contributed by atoms with Crippen molar-refractivity contribution in [2.45, 2.75) is 12.5 Å². The molecular weight excluding hydrogens is 442 g/mol. The van der Waals surface area contributed by atoms with Gasteiger partial charge in [-0.15, -0.1) is 0 Å². The number of benzene rings is 2. The molecule has 1 aliphatic heterocycles. The molecule has 3 rings (SSSR count). The highest BCUT2D eigenvalue weighted by atomic mass is 35.5. The third kappa shape index (κ3) is 5.12. The van der Waals surface area contributed by atoms with Crippen LogP contribution in [0.2, 0.25) is 5.02 Å². The molecule has 1 fully saturated rings. The Kier molecular flexibility index (Phi) is 7.09. The minimum Gasteiger partial charge on any atom is -0.497 e. The van der Waals surface area contributed by atoms with Gasteiger partial charge >= 0.3 is 5.97 Å². The first-order valence-electron chi connectivity index (χ1n) is 9.25. The number of carbonyl (C=O) groups excluding carboxylic acids is 3. The number of carbonyl (C=O) groups is 3. The highest BCUT2D eigenvalue weighted by molar-refractivity contribution is 7.80. The fourth-order valence-corrected chi connectivity index (χ4v) is 3.62. The summed E-state index contributed by atoms with van der Waals surface area (Å²) in [7, 11) is 2.78. The minimum absolute atomic E-state index is 0.116. The van der Waals surface area contributed by atoms with Gasteiger partial charge in [0.1, 0.15) is 18.3 Å². The van der Waals surface area contributed by atoms with E-state index in [1.54, 1.807) is 48.5 Å². The Morgan fingerprint density at radius 3 is 2.32 bits per heavy atom. The van der Waals surface area contributed by atoms with Gasteiger partial charge in [-0.3, -0.25) is 19.3 Å². The number of esters is 1. The molecule has 31 heavy (non-hydrogen) atoms. The summed E-state index contributed by atoms with van der Waals surface area (Å²) in [5.74, 6) is -0.776. The zero-order valence-corrected chi connectivity index (χ0v) is 18.4. The predicted octanol–water partition coefficient (Wildman–Crippen LogP) is 2.85. The van der Waals surface area contributed by atoms with Crippen LogP contribution >= 0.6 is 23.8 Å². The zero-order valence-electron chi connectivity index (χ0n) is 16.8. The lowest BCUT2D eigenvalue weighted by atomic mass is 10.1. The highest BCUT2D eigenvalue weighted by Gasteiger charge is 2.45. The van der Waals surface area contributed by atoms with Gasteiger partial charge in [0.2, 0.25) is 5.91 Å². The highest BCUT2D eigenvalue weighted by Crippen LogP contribution is 2.29. The predicted molar refractivity (Wildman–Crippen MR) is 120 cm³/mol. The summed E-state index contributed by atoms with van der Waals surface area (Å²) in [6.07, 6.45) is -0.203. The molecule has 0 radical (unpaired) electrons. The molecule has 2 amide bonds. The van der Waals surface area contributed by atoms with E-state index in [1.165, 1.54) is 24.0 Å². The maximum absolute atomic E-state index is 13.2. The van der Waals surface area contributed by atoms with Crippen LogP contribution in [-0.2, 0) is 19.1 Å². The number of ether oxygens (including phenoxy) is 2. The summed E-state index contributed by atoms with van der Waals surface area (Å²) in [6.45, 7) is -0.257. The molecule has 1 heterocycles. The lowest BCUT2D eigenvalue weighted by Gasteiger charge is -2.22. The van der Waals surface area contributed by atoms with E-state index >= 15 is 0 Å². The summed E-state index contributed by atoms with van der Waals surface area (Å²) in [5.41, 5.74) is 1.04. The average Bonchev–Trinajstić information content (AvgIpc) is 2.99. The van der Waals surface area contributed by atoms with Crippen LogP contribution in [0, 0.1) is 0 Å². The van der Waals surface area contributed by atoms with E-state index in [0.29, 0.717) is 22.1 Å². The molecule has 0 spiro atoms. The van der Waals surface area contributed by atoms with Gasteiger partial charge < -0.3 is 19.7 Å². The Hall–Kier alpha value is -3.17. The molecule has 0 unspecified atom stereocenters. The summed E-state index contributed by atoms with van der Waals surface area (Å²) in [4.78, 5) is 40.4. The molecule has 1 N–H and O–H groups in total. The van der Waals surface area contributed by atoms with Gasteiger partial charge in [0.15, 0.2) is 5.11 Å². The van der Waals surface area contributed by atoms with Crippen LogP contribution in [0.5, 0.6) is 5.75 Å². The van der Waals surface area contributed by atoms with Crippen molar-refractivity contribution < 1.29 is 23.9 Å². The first-order valence-corrected chi connectivity index (χ1v) is 10.0. The number of nitrogens with zero attached hydrogens (tertiary/aromatic N) is 2. The second-order valence-corrected chi connectivity index (χ2v) is 7.43. The maximum Gasteiger partial charge on any atom is 0.325 e. The fourth-order valence-electron chi connectivity index (χ4n) is 3.11. The molecule has 1 aliphatic rings. The smallest absolute Gasteiger partial charge is 0.325 e.